The Bertz CT molecular complexity index is 1230. The molecule has 190 valence electrons. The zero-order valence-electron chi connectivity index (χ0n) is 17.6. The number of phosphoric acid groups is 2. The molecule has 0 spiro atoms. The molecular formula is C14H22N6O12P2. The first-order chi connectivity index (χ1) is 15.7. The third kappa shape index (κ3) is 5.80. The van der Waals surface area contributed by atoms with E-state index in [0.29, 0.717) is 0 Å². The summed E-state index contributed by atoms with van der Waals surface area (Å²) in [4.78, 5) is 59.0. The number of aromatic amines is 1. The van der Waals surface area contributed by atoms with Crippen molar-refractivity contribution in [1.29, 1.82) is 0 Å². The van der Waals surface area contributed by atoms with Gasteiger partial charge in [-0.2, -0.15) is 9.55 Å². The van der Waals surface area contributed by atoms with E-state index in [-0.39, 0.29) is 17.1 Å². The highest BCUT2D eigenvalue weighted by Crippen LogP contribution is 2.56. The van der Waals surface area contributed by atoms with Crippen molar-refractivity contribution < 1.29 is 56.6 Å². The van der Waals surface area contributed by atoms with Crippen LogP contribution in [0.15, 0.2) is 11.1 Å². The largest absolute Gasteiger partial charge is 0.756 e. The highest BCUT2D eigenvalue weighted by molar-refractivity contribution is 7.60. The molecule has 2 aromatic heterocycles. The lowest BCUT2D eigenvalue weighted by Crippen LogP contribution is -2.35. The number of fused-ring (bicyclic) bond motifs is 1. The summed E-state index contributed by atoms with van der Waals surface area (Å²) in [5, 5.41) is 13.1. The van der Waals surface area contributed by atoms with Gasteiger partial charge in [-0.3, -0.25) is 18.9 Å². The molecule has 1 aliphatic rings. The van der Waals surface area contributed by atoms with Crippen LogP contribution in [-0.2, 0) is 34.5 Å². The molecule has 0 saturated carbocycles. The van der Waals surface area contributed by atoms with Gasteiger partial charge in [0, 0.05) is 7.05 Å². The van der Waals surface area contributed by atoms with Crippen LogP contribution in [0.2, 0.25) is 0 Å². The van der Waals surface area contributed by atoms with E-state index >= 15 is 0 Å². The van der Waals surface area contributed by atoms with Crippen molar-refractivity contribution in [2.75, 3.05) is 26.0 Å². The maximum atomic E-state index is 12.3. The van der Waals surface area contributed by atoms with Crippen molar-refractivity contribution in [2.45, 2.75) is 18.4 Å². The molecule has 3 rings (SSSR count). The zero-order valence-corrected chi connectivity index (χ0v) is 19.4. The number of amides is 1. The fraction of sp³-hybridized carbons (Fsp3) is 0.571. The van der Waals surface area contributed by atoms with E-state index in [1.54, 1.807) is 0 Å². The number of nitrogens with two attached hydrogens (primary N) is 1. The van der Waals surface area contributed by atoms with Crippen molar-refractivity contribution in [3.8, 4) is 0 Å². The topological polar surface area (TPSA) is 264 Å². The Hall–Kier alpha value is -2.40. The summed E-state index contributed by atoms with van der Waals surface area (Å²) in [5.74, 6) is -1.29. The van der Waals surface area contributed by atoms with E-state index in [4.69, 9.17) is 20.1 Å². The van der Waals surface area contributed by atoms with Crippen LogP contribution in [0.3, 0.4) is 0 Å². The number of alkyl carbamates (subject to hydrolysis) is 1. The van der Waals surface area contributed by atoms with Crippen LogP contribution in [0.1, 0.15) is 6.23 Å². The van der Waals surface area contributed by atoms with Gasteiger partial charge in [0.15, 0.2) is 0 Å². The number of rotatable bonds is 8. The van der Waals surface area contributed by atoms with E-state index in [9.17, 15) is 33.6 Å². The summed E-state index contributed by atoms with van der Waals surface area (Å²) < 4.78 is 44.1. The molecule has 18 nitrogen and oxygen atoms in total. The Labute approximate surface area is 190 Å². The number of aryl methyl sites for hydroxylation is 1. The van der Waals surface area contributed by atoms with Crippen LogP contribution < -0.4 is 26.1 Å². The molecule has 3 heterocycles. The standard InChI is InChI=1S/C14H22N6O12P2/c1-16-14(23)29-3-6-7(4-30-34(27,28)32-33(24,25)26)31-12(9(6)21)20-5-19(2)8-10(20)17-13(15)18-11(8)22/h5-7,9,12,21H,3-4H2,1-2H3,(H6-,15,16,17,18,22,23,24,25,26,27,28)/t6-,7-,9-,12-/m1/s1. The molecule has 1 aliphatic heterocycles. The lowest BCUT2D eigenvalue weighted by molar-refractivity contribution is -0.646. The van der Waals surface area contributed by atoms with Crippen molar-refractivity contribution in [3.05, 3.63) is 16.7 Å². The predicted molar refractivity (Wildman–Crippen MR) is 106 cm³/mol. The molecule has 2 unspecified atom stereocenters. The number of nitrogen functional groups attached to an aromatic ring is 1. The summed E-state index contributed by atoms with van der Waals surface area (Å²) in [6.45, 7) is -1.28. The number of nitrogens with zero attached hydrogens (tertiary/aromatic N) is 3. The van der Waals surface area contributed by atoms with Gasteiger partial charge in [0.05, 0.1) is 25.7 Å². The fourth-order valence-electron chi connectivity index (χ4n) is 3.41. The molecule has 0 aromatic carbocycles. The van der Waals surface area contributed by atoms with Crippen LogP contribution in [0.4, 0.5) is 10.7 Å². The van der Waals surface area contributed by atoms with Crippen LogP contribution in [0.25, 0.3) is 11.2 Å². The summed E-state index contributed by atoms with van der Waals surface area (Å²) in [6, 6.07) is 0. The number of hydrogen-bond acceptors (Lipinski definition) is 12. The molecule has 2 aromatic rings. The minimum absolute atomic E-state index is 0.0316. The molecule has 34 heavy (non-hydrogen) atoms. The van der Waals surface area contributed by atoms with Gasteiger partial charge in [0.1, 0.15) is 12.7 Å². The third-order valence-corrected chi connectivity index (χ3v) is 6.93. The lowest BCUT2D eigenvalue weighted by Gasteiger charge is -2.22. The molecule has 0 radical (unpaired) electrons. The minimum Gasteiger partial charge on any atom is -0.756 e. The van der Waals surface area contributed by atoms with Crippen molar-refractivity contribution in [2.24, 2.45) is 13.0 Å². The number of anilines is 1. The second kappa shape index (κ2) is 9.69. The maximum Gasteiger partial charge on any atom is 0.478 e. The van der Waals surface area contributed by atoms with Gasteiger partial charge < -0.3 is 40.3 Å². The van der Waals surface area contributed by atoms with Crippen LogP contribution in [0, 0.1) is 5.92 Å². The number of carbonyl (C=O) groups is 1. The highest BCUT2D eigenvalue weighted by atomic mass is 31.3. The second-order valence-electron chi connectivity index (χ2n) is 7.14. The van der Waals surface area contributed by atoms with E-state index in [1.165, 1.54) is 29.6 Å². The summed E-state index contributed by atoms with van der Waals surface area (Å²) in [6.07, 6.45) is -3.46. The number of imidazole rings is 1. The van der Waals surface area contributed by atoms with Crippen LogP contribution >= 0.6 is 15.6 Å². The molecular weight excluding hydrogens is 506 g/mol. The smallest absolute Gasteiger partial charge is 0.478 e. The average molecular weight is 528 g/mol. The van der Waals surface area contributed by atoms with E-state index in [0.717, 1.165) is 0 Å². The molecule has 1 amide bonds. The number of aromatic nitrogens is 4. The number of aliphatic hydroxyl groups excluding tert-OH is 1. The van der Waals surface area contributed by atoms with Crippen molar-refractivity contribution in [3.63, 3.8) is 0 Å². The minimum atomic E-state index is -5.62. The van der Waals surface area contributed by atoms with Gasteiger partial charge in [0.25, 0.3) is 19.0 Å². The molecule has 7 N–H and O–H groups in total. The first kappa shape index (κ1) is 26.2. The Morgan fingerprint density at radius 3 is 2.74 bits per heavy atom. The fourth-order valence-corrected chi connectivity index (χ4v) is 4.98. The third-order valence-electron chi connectivity index (χ3n) is 4.81. The quantitative estimate of drug-likeness (QED) is 0.147. The average Bonchev–Trinajstić information content (AvgIpc) is 3.19. The van der Waals surface area contributed by atoms with Gasteiger partial charge in [-0.25, -0.2) is 18.2 Å². The highest BCUT2D eigenvalue weighted by Gasteiger charge is 2.49. The zero-order chi connectivity index (χ0) is 25.4. The Kier molecular flexibility index (Phi) is 7.47. The van der Waals surface area contributed by atoms with Crippen LogP contribution in [-0.4, -0.2) is 68.0 Å². The van der Waals surface area contributed by atoms with E-state index in [1.807, 2.05) is 0 Å². The normalized spacial score (nSPS) is 26.2. The second-order valence-corrected chi connectivity index (χ2v) is 9.93. The Morgan fingerprint density at radius 2 is 2.12 bits per heavy atom. The number of ether oxygens (including phenoxy) is 2. The first-order valence-corrected chi connectivity index (χ1v) is 12.4. The molecule has 20 heteroatoms. The molecule has 0 aliphatic carbocycles. The van der Waals surface area contributed by atoms with Crippen LogP contribution in [0.5, 0.6) is 0 Å². The molecule has 1 saturated heterocycles. The van der Waals surface area contributed by atoms with E-state index in [2.05, 4.69) is 24.1 Å². The first-order valence-electron chi connectivity index (χ1n) is 9.39. The van der Waals surface area contributed by atoms with Gasteiger partial charge in [-0.05, 0) is 0 Å². The number of phosphoric ester groups is 1. The summed E-state index contributed by atoms with van der Waals surface area (Å²) in [7, 11) is -8.09. The summed E-state index contributed by atoms with van der Waals surface area (Å²) in [5.41, 5.74) is 5.16. The van der Waals surface area contributed by atoms with Gasteiger partial charge in [-0.15, -0.1) is 0 Å². The monoisotopic (exact) mass is 528 g/mol. The number of carbonyl (C=O) groups excluding carboxylic acids is 1. The van der Waals surface area contributed by atoms with Gasteiger partial charge >= 0.3 is 19.5 Å². The predicted octanol–water partition coefficient (Wildman–Crippen LogP) is -3.04. The van der Waals surface area contributed by atoms with Crippen molar-refractivity contribution in [1.82, 2.24) is 19.9 Å². The van der Waals surface area contributed by atoms with Gasteiger partial charge in [0.2, 0.25) is 18.5 Å². The lowest BCUT2D eigenvalue weighted by atomic mass is 9.99. The van der Waals surface area contributed by atoms with E-state index < -0.39 is 64.9 Å². The summed E-state index contributed by atoms with van der Waals surface area (Å²) >= 11 is 0. The Balaban J connectivity index is 1.91. The van der Waals surface area contributed by atoms with Gasteiger partial charge in [-0.1, -0.05) is 0 Å². The number of hydrogen-bond donors (Lipinski definition) is 6. The maximum absolute atomic E-state index is 12.3. The molecule has 6 atom stereocenters. The molecule has 1 fully saturated rings. The number of aliphatic hydroxyl groups is 1. The number of H-pyrrole nitrogens is 1. The van der Waals surface area contributed by atoms with Crippen molar-refractivity contribution >= 4 is 38.9 Å². The number of nitrogens with one attached hydrogen (secondary N) is 2. The molecule has 0 bridgehead atoms. The Morgan fingerprint density at radius 1 is 1.44 bits per heavy atom. The SMILES string of the molecule is CNC(=O)OC[C@H]1[C@@H](O)[C@H](n2c[n+](C)c3c(=O)[nH]c(N)nc32)O[C@@H]1COP(=O)(O)OP(=O)([O-])O.